The molecule has 2 amide bonds. The number of hydrogen-bond donors (Lipinski definition) is 2. The van der Waals surface area contributed by atoms with Gasteiger partial charge in [-0.1, -0.05) is 12.1 Å². The third-order valence-electron chi connectivity index (χ3n) is 3.96. The molecule has 0 atom stereocenters. The number of rotatable bonds is 6. The molecule has 0 aliphatic rings. The van der Waals surface area contributed by atoms with Gasteiger partial charge in [-0.25, -0.2) is 0 Å². The first kappa shape index (κ1) is 19.0. The van der Waals surface area contributed by atoms with Crippen LogP contribution in [0, 0.1) is 6.92 Å². The molecule has 0 spiro atoms. The summed E-state index contributed by atoms with van der Waals surface area (Å²) < 4.78 is 5.44. The van der Waals surface area contributed by atoms with Crippen molar-refractivity contribution in [1.29, 1.82) is 0 Å². The Bertz CT molecular complexity index is 990. The van der Waals surface area contributed by atoms with Gasteiger partial charge in [0.25, 0.3) is 11.8 Å². The first-order valence-corrected chi connectivity index (χ1v) is 8.80. The van der Waals surface area contributed by atoms with Gasteiger partial charge in [0.05, 0.1) is 6.61 Å². The zero-order valence-electron chi connectivity index (χ0n) is 15.6. The Hall–Kier alpha value is -3.74. The molecular formula is C21H20N4O3. The molecule has 0 aliphatic heterocycles. The SMILES string of the molecule is CCOc1cccc(NC(=O)c2ccc(C)c(NC(=O)c3cccnn3)c2)c1. The molecule has 28 heavy (non-hydrogen) atoms. The summed E-state index contributed by atoms with van der Waals surface area (Å²) in [7, 11) is 0. The number of benzene rings is 2. The third-order valence-corrected chi connectivity index (χ3v) is 3.96. The van der Waals surface area contributed by atoms with Gasteiger partial charge in [0.15, 0.2) is 5.69 Å². The number of nitrogens with zero attached hydrogens (tertiary/aromatic N) is 2. The van der Waals surface area contributed by atoms with Gasteiger partial charge >= 0.3 is 0 Å². The number of ether oxygens (including phenoxy) is 1. The van der Waals surface area contributed by atoms with Gasteiger partial charge in [0.2, 0.25) is 0 Å². The number of anilines is 2. The van der Waals surface area contributed by atoms with Crippen molar-refractivity contribution in [2.24, 2.45) is 0 Å². The quantitative estimate of drug-likeness (QED) is 0.684. The van der Waals surface area contributed by atoms with Crippen LogP contribution in [0.3, 0.4) is 0 Å². The Balaban J connectivity index is 1.76. The minimum absolute atomic E-state index is 0.199. The maximum Gasteiger partial charge on any atom is 0.276 e. The zero-order chi connectivity index (χ0) is 19.9. The fourth-order valence-electron chi connectivity index (χ4n) is 2.54. The van der Waals surface area contributed by atoms with Crippen LogP contribution in [-0.4, -0.2) is 28.6 Å². The largest absolute Gasteiger partial charge is 0.494 e. The van der Waals surface area contributed by atoms with Crippen molar-refractivity contribution < 1.29 is 14.3 Å². The predicted octanol–water partition coefficient (Wildman–Crippen LogP) is 3.69. The summed E-state index contributed by atoms with van der Waals surface area (Å²) in [5, 5.41) is 13.1. The van der Waals surface area contributed by atoms with Gasteiger partial charge in [0, 0.05) is 29.2 Å². The fourth-order valence-corrected chi connectivity index (χ4v) is 2.54. The second-order valence-electron chi connectivity index (χ2n) is 6.01. The molecule has 3 rings (SSSR count). The normalized spacial score (nSPS) is 10.2. The molecule has 7 nitrogen and oxygen atoms in total. The van der Waals surface area contributed by atoms with Crippen LogP contribution in [-0.2, 0) is 0 Å². The van der Waals surface area contributed by atoms with Crippen LogP contribution in [0.5, 0.6) is 5.75 Å². The number of aromatic nitrogens is 2. The van der Waals surface area contributed by atoms with Crippen molar-refractivity contribution in [1.82, 2.24) is 10.2 Å². The van der Waals surface area contributed by atoms with Crippen molar-refractivity contribution in [2.75, 3.05) is 17.2 Å². The second-order valence-corrected chi connectivity index (χ2v) is 6.01. The molecule has 0 unspecified atom stereocenters. The molecule has 1 heterocycles. The van der Waals surface area contributed by atoms with E-state index in [1.165, 1.54) is 6.20 Å². The monoisotopic (exact) mass is 376 g/mol. The lowest BCUT2D eigenvalue weighted by molar-refractivity contribution is 0.101. The first-order valence-electron chi connectivity index (χ1n) is 8.80. The van der Waals surface area contributed by atoms with Gasteiger partial charge in [-0.2, -0.15) is 5.10 Å². The lowest BCUT2D eigenvalue weighted by Crippen LogP contribution is -2.16. The number of carbonyl (C=O) groups is 2. The van der Waals surface area contributed by atoms with E-state index in [1.807, 2.05) is 26.0 Å². The van der Waals surface area contributed by atoms with Crippen molar-refractivity contribution in [3.05, 3.63) is 77.6 Å². The summed E-state index contributed by atoms with van der Waals surface area (Å²) >= 11 is 0. The molecule has 2 aromatic carbocycles. The molecule has 0 aliphatic carbocycles. The van der Waals surface area contributed by atoms with E-state index in [4.69, 9.17) is 4.74 Å². The summed E-state index contributed by atoms with van der Waals surface area (Å²) in [6.45, 7) is 4.29. The summed E-state index contributed by atoms with van der Waals surface area (Å²) in [6, 6.07) is 15.5. The summed E-state index contributed by atoms with van der Waals surface area (Å²) in [4.78, 5) is 24.9. The molecule has 3 aromatic rings. The third kappa shape index (κ3) is 4.70. The van der Waals surface area contributed by atoms with Crippen LogP contribution in [0.15, 0.2) is 60.8 Å². The number of carbonyl (C=O) groups excluding carboxylic acids is 2. The minimum atomic E-state index is -0.391. The van der Waals surface area contributed by atoms with Crippen molar-refractivity contribution in [3.8, 4) is 5.75 Å². The lowest BCUT2D eigenvalue weighted by Gasteiger charge is -2.11. The molecule has 0 bridgehead atoms. The van der Waals surface area contributed by atoms with Gasteiger partial charge in [-0.3, -0.25) is 9.59 Å². The molecule has 0 radical (unpaired) electrons. The van der Waals surface area contributed by atoms with E-state index in [9.17, 15) is 9.59 Å². The van der Waals surface area contributed by atoms with E-state index < -0.39 is 5.91 Å². The molecule has 1 aromatic heterocycles. The number of amides is 2. The van der Waals surface area contributed by atoms with Crippen LogP contribution in [0.4, 0.5) is 11.4 Å². The van der Waals surface area contributed by atoms with Crippen LogP contribution < -0.4 is 15.4 Å². The summed E-state index contributed by atoms with van der Waals surface area (Å²) in [5.74, 6) is 0.00273. The predicted molar refractivity (Wildman–Crippen MR) is 107 cm³/mol. The fraction of sp³-hybridized carbons (Fsp3) is 0.143. The van der Waals surface area contributed by atoms with Crippen LogP contribution in [0.1, 0.15) is 33.3 Å². The van der Waals surface area contributed by atoms with E-state index in [0.29, 0.717) is 29.3 Å². The molecule has 2 N–H and O–H groups in total. The van der Waals surface area contributed by atoms with Crippen LogP contribution >= 0.6 is 0 Å². The molecule has 0 fully saturated rings. The highest BCUT2D eigenvalue weighted by Gasteiger charge is 2.13. The van der Waals surface area contributed by atoms with E-state index in [0.717, 1.165) is 5.56 Å². The zero-order valence-corrected chi connectivity index (χ0v) is 15.6. The standard InChI is InChI=1S/C21H20N4O3/c1-3-28-17-7-4-6-16(13-17)23-20(26)15-10-9-14(2)19(12-15)24-21(27)18-8-5-11-22-25-18/h4-13H,3H2,1-2H3,(H,23,26)(H,24,27). The highest BCUT2D eigenvalue weighted by Crippen LogP contribution is 2.21. The lowest BCUT2D eigenvalue weighted by atomic mass is 10.1. The highest BCUT2D eigenvalue weighted by atomic mass is 16.5. The molecule has 142 valence electrons. The average molecular weight is 376 g/mol. The smallest absolute Gasteiger partial charge is 0.276 e. The summed E-state index contributed by atoms with van der Waals surface area (Å²) in [5.41, 5.74) is 2.60. The molecule has 7 heteroatoms. The van der Waals surface area contributed by atoms with E-state index in [-0.39, 0.29) is 11.6 Å². The van der Waals surface area contributed by atoms with E-state index >= 15 is 0 Å². The number of aryl methyl sites for hydroxylation is 1. The Labute approximate surface area is 162 Å². The average Bonchev–Trinajstić information content (AvgIpc) is 2.70. The van der Waals surface area contributed by atoms with E-state index in [2.05, 4.69) is 20.8 Å². The first-order chi connectivity index (χ1) is 13.6. The Kier molecular flexibility index (Phi) is 5.96. The van der Waals surface area contributed by atoms with Crippen LogP contribution in [0.2, 0.25) is 0 Å². The topological polar surface area (TPSA) is 93.2 Å². The van der Waals surface area contributed by atoms with Crippen molar-refractivity contribution in [3.63, 3.8) is 0 Å². The Morgan fingerprint density at radius 1 is 1.00 bits per heavy atom. The van der Waals surface area contributed by atoms with Crippen molar-refractivity contribution in [2.45, 2.75) is 13.8 Å². The molecule has 0 saturated heterocycles. The molecule has 0 saturated carbocycles. The van der Waals surface area contributed by atoms with Gasteiger partial charge in [0.1, 0.15) is 5.75 Å². The second kappa shape index (κ2) is 8.77. The van der Waals surface area contributed by atoms with Gasteiger partial charge in [-0.05, 0) is 55.8 Å². The van der Waals surface area contributed by atoms with Crippen molar-refractivity contribution >= 4 is 23.2 Å². The van der Waals surface area contributed by atoms with E-state index in [1.54, 1.807) is 42.5 Å². The highest BCUT2D eigenvalue weighted by molar-refractivity contribution is 6.07. The number of nitrogens with one attached hydrogen (secondary N) is 2. The maximum atomic E-state index is 12.6. The Morgan fingerprint density at radius 3 is 2.61 bits per heavy atom. The summed E-state index contributed by atoms with van der Waals surface area (Å²) in [6.07, 6.45) is 1.49. The van der Waals surface area contributed by atoms with Crippen LogP contribution in [0.25, 0.3) is 0 Å². The van der Waals surface area contributed by atoms with Gasteiger partial charge in [-0.15, -0.1) is 5.10 Å². The Morgan fingerprint density at radius 2 is 1.86 bits per heavy atom. The number of hydrogen-bond acceptors (Lipinski definition) is 5. The maximum absolute atomic E-state index is 12.6. The minimum Gasteiger partial charge on any atom is -0.494 e. The van der Waals surface area contributed by atoms with Gasteiger partial charge < -0.3 is 15.4 Å². The molecular weight excluding hydrogens is 356 g/mol.